The molecule has 2 nitrogen and oxygen atoms in total. The molecule has 4 fully saturated rings. The molecular weight excluding hydrogens is 354 g/mol. The number of nitrogens with one attached hydrogen (secondary N) is 1. The molecule has 0 aromatic heterocycles. The Morgan fingerprint density at radius 2 is 1.56 bits per heavy atom. The minimum atomic E-state index is 0.427. The van der Waals surface area contributed by atoms with Gasteiger partial charge in [0.2, 0.25) is 0 Å². The van der Waals surface area contributed by atoms with Crippen LogP contribution in [0.15, 0.2) is 48.5 Å². The van der Waals surface area contributed by atoms with Gasteiger partial charge in [-0.25, -0.2) is 0 Å². The summed E-state index contributed by atoms with van der Waals surface area (Å²) in [5.74, 6) is 3.89. The molecule has 2 aromatic carbocycles. The molecule has 4 aliphatic rings. The minimum Gasteiger partial charge on any atom is -0.489 e. The summed E-state index contributed by atoms with van der Waals surface area (Å²) in [5.41, 5.74) is 2.87. The quantitative estimate of drug-likeness (QED) is 0.664. The highest BCUT2D eigenvalue weighted by atomic mass is 35.5. The fourth-order valence-electron chi connectivity index (χ4n) is 6.11. The van der Waals surface area contributed by atoms with E-state index in [4.69, 9.17) is 16.3 Å². The first-order valence-electron chi connectivity index (χ1n) is 10.4. The number of rotatable bonds is 6. The Hall–Kier alpha value is -1.51. The Kier molecular flexibility index (Phi) is 4.65. The van der Waals surface area contributed by atoms with Crippen molar-refractivity contribution in [3.63, 3.8) is 0 Å². The van der Waals surface area contributed by atoms with Crippen molar-refractivity contribution in [3.8, 4) is 5.75 Å². The summed E-state index contributed by atoms with van der Waals surface area (Å²) in [5, 5.41) is 4.72. The van der Waals surface area contributed by atoms with Gasteiger partial charge in [0.1, 0.15) is 12.4 Å². The largest absolute Gasteiger partial charge is 0.489 e. The van der Waals surface area contributed by atoms with Crippen LogP contribution in [-0.2, 0) is 13.2 Å². The highest BCUT2D eigenvalue weighted by Gasteiger charge is 2.50. The molecule has 2 aromatic rings. The summed E-state index contributed by atoms with van der Waals surface area (Å²) in [6.45, 7) is 1.52. The van der Waals surface area contributed by atoms with Gasteiger partial charge in [-0.3, -0.25) is 0 Å². The first-order valence-corrected chi connectivity index (χ1v) is 10.7. The van der Waals surface area contributed by atoms with Crippen molar-refractivity contribution in [3.05, 3.63) is 64.7 Å². The molecule has 3 heteroatoms. The summed E-state index contributed by atoms with van der Waals surface area (Å²) in [6.07, 6.45) is 8.71. The van der Waals surface area contributed by atoms with Crippen LogP contribution >= 0.6 is 11.6 Å². The zero-order chi connectivity index (χ0) is 18.3. The molecule has 142 valence electrons. The SMILES string of the molecule is Clc1cccc(COc2ccc(CNC34CC5CC(CC(C5)C3)C4)cc2)c1. The van der Waals surface area contributed by atoms with Crippen molar-refractivity contribution < 1.29 is 4.74 Å². The second-order valence-electron chi connectivity index (χ2n) is 9.11. The molecule has 6 rings (SSSR count). The van der Waals surface area contributed by atoms with E-state index in [-0.39, 0.29) is 0 Å². The van der Waals surface area contributed by atoms with Gasteiger partial charge in [-0.05, 0) is 91.7 Å². The van der Waals surface area contributed by atoms with Crippen LogP contribution in [0.25, 0.3) is 0 Å². The van der Waals surface area contributed by atoms with E-state index in [2.05, 4.69) is 29.6 Å². The second kappa shape index (κ2) is 7.14. The van der Waals surface area contributed by atoms with Crippen LogP contribution in [0.1, 0.15) is 49.7 Å². The summed E-state index contributed by atoms with van der Waals surface area (Å²) in [7, 11) is 0. The highest BCUT2D eigenvalue weighted by Crippen LogP contribution is 2.55. The van der Waals surface area contributed by atoms with Crippen LogP contribution in [0.4, 0.5) is 0 Å². The van der Waals surface area contributed by atoms with Gasteiger partial charge in [-0.1, -0.05) is 35.9 Å². The Morgan fingerprint density at radius 1 is 0.889 bits per heavy atom. The third-order valence-corrected chi connectivity index (χ3v) is 7.16. The van der Waals surface area contributed by atoms with Crippen molar-refractivity contribution in [2.45, 2.75) is 57.2 Å². The van der Waals surface area contributed by atoms with E-state index in [0.29, 0.717) is 12.1 Å². The van der Waals surface area contributed by atoms with E-state index < -0.39 is 0 Å². The normalized spacial score (nSPS) is 31.2. The minimum absolute atomic E-state index is 0.427. The van der Waals surface area contributed by atoms with Crippen LogP contribution < -0.4 is 10.1 Å². The van der Waals surface area contributed by atoms with Gasteiger partial charge in [0.15, 0.2) is 0 Å². The topological polar surface area (TPSA) is 21.3 Å². The molecule has 1 N–H and O–H groups in total. The summed E-state index contributed by atoms with van der Waals surface area (Å²) in [4.78, 5) is 0. The first-order chi connectivity index (χ1) is 13.2. The monoisotopic (exact) mass is 381 g/mol. The maximum atomic E-state index is 6.03. The standard InChI is InChI=1S/C24H28ClNO/c25-22-3-1-2-18(11-22)16-27-23-6-4-17(5-7-23)15-26-24-12-19-8-20(13-24)10-21(9-19)14-24/h1-7,11,19-21,26H,8-10,12-16H2. The van der Waals surface area contributed by atoms with Gasteiger partial charge < -0.3 is 10.1 Å². The van der Waals surface area contributed by atoms with Crippen LogP contribution in [0, 0.1) is 17.8 Å². The van der Waals surface area contributed by atoms with E-state index in [1.807, 2.05) is 24.3 Å². The summed E-state index contributed by atoms with van der Waals surface area (Å²) in [6, 6.07) is 16.4. The average Bonchev–Trinajstić information content (AvgIpc) is 2.65. The zero-order valence-corrected chi connectivity index (χ0v) is 16.5. The van der Waals surface area contributed by atoms with E-state index in [1.54, 1.807) is 0 Å². The third-order valence-electron chi connectivity index (χ3n) is 6.92. The molecule has 0 amide bonds. The lowest BCUT2D eigenvalue weighted by Crippen LogP contribution is -2.58. The Labute approximate surface area is 167 Å². The number of hydrogen-bond acceptors (Lipinski definition) is 2. The van der Waals surface area contributed by atoms with Crippen molar-refractivity contribution >= 4 is 11.6 Å². The number of halogens is 1. The molecule has 4 bridgehead atoms. The van der Waals surface area contributed by atoms with Gasteiger partial charge in [-0.15, -0.1) is 0 Å². The lowest BCUT2D eigenvalue weighted by molar-refractivity contribution is -0.0206. The van der Waals surface area contributed by atoms with Crippen molar-refractivity contribution in [1.29, 1.82) is 0 Å². The molecule has 0 heterocycles. The number of hydrogen-bond donors (Lipinski definition) is 1. The maximum Gasteiger partial charge on any atom is 0.119 e. The smallest absolute Gasteiger partial charge is 0.119 e. The van der Waals surface area contributed by atoms with Crippen LogP contribution in [0.3, 0.4) is 0 Å². The average molecular weight is 382 g/mol. The second-order valence-corrected chi connectivity index (χ2v) is 9.55. The van der Waals surface area contributed by atoms with Crippen LogP contribution in [0.2, 0.25) is 5.02 Å². The van der Waals surface area contributed by atoms with Crippen molar-refractivity contribution in [2.75, 3.05) is 0 Å². The zero-order valence-electron chi connectivity index (χ0n) is 15.8. The van der Waals surface area contributed by atoms with Gasteiger partial charge in [0.25, 0.3) is 0 Å². The van der Waals surface area contributed by atoms with E-state index in [0.717, 1.165) is 40.6 Å². The Balaban J connectivity index is 1.16. The predicted octanol–water partition coefficient (Wildman–Crippen LogP) is 5.98. The van der Waals surface area contributed by atoms with Crippen molar-refractivity contribution in [1.82, 2.24) is 5.32 Å². The van der Waals surface area contributed by atoms with Crippen LogP contribution in [-0.4, -0.2) is 5.54 Å². The first kappa shape index (κ1) is 17.6. The molecular formula is C24H28ClNO. The molecule has 0 aliphatic heterocycles. The van der Waals surface area contributed by atoms with E-state index in [9.17, 15) is 0 Å². The number of benzene rings is 2. The van der Waals surface area contributed by atoms with E-state index >= 15 is 0 Å². The number of ether oxygens (including phenoxy) is 1. The molecule has 0 radical (unpaired) electrons. The Morgan fingerprint density at radius 3 is 2.19 bits per heavy atom. The summed E-state index contributed by atoms with van der Waals surface area (Å²) >= 11 is 6.03. The molecule has 4 saturated carbocycles. The molecule has 0 saturated heterocycles. The summed E-state index contributed by atoms with van der Waals surface area (Å²) < 4.78 is 5.90. The fourth-order valence-corrected chi connectivity index (χ4v) is 6.33. The van der Waals surface area contributed by atoms with Gasteiger partial charge >= 0.3 is 0 Å². The van der Waals surface area contributed by atoms with Crippen molar-refractivity contribution in [2.24, 2.45) is 17.8 Å². The molecule has 0 atom stereocenters. The molecule has 0 unspecified atom stereocenters. The third kappa shape index (κ3) is 3.88. The van der Waals surface area contributed by atoms with Crippen LogP contribution in [0.5, 0.6) is 5.75 Å². The lowest BCUT2D eigenvalue weighted by atomic mass is 9.53. The van der Waals surface area contributed by atoms with Gasteiger partial charge in [-0.2, -0.15) is 0 Å². The Bertz CT molecular complexity index is 765. The molecule has 0 spiro atoms. The molecule has 27 heavy (non-hydrogen) atoms. The van der Waals surface area contributed by atoms with Gasteiger partial charge in [0.05, 0.1) is 0 Å². The lowest BCUT2D eigenvalue weighted by Gasteiger charge is -2.57. The molecule has 4 aliphatic carbocycles. The maximum absolute atomic E-state index is 6.03. The fraction of sp³-hybridized carbons (Fsp3) is 0.500. The van der Waals surface area contributed by atoms with E-state index in [1.165, 1.54) is 44.1 Å². The highest BCUT2D eigenvalue weighted by molar-refractivity contribution is 6.30. The van der Waals surface area contributed by atoms with Gasteiger partial charge in [0, 0.05) is 17.1 Å². The predicted molar refractivity (Wildman–Crippen MR) is 110 cm³/mol.